The van der Waals surface area contributed by atoms with Crippen LogP contribution in [0.25, 0.3) is 0 Å². The molecule has 1 aromatic carbocycles. The molecule has 0 bridgehead atoms. The van der Waals surface area contributed by atoms with Crippen molar-refractivity contribution in [2.45, 2.75) is 26.2 Å². The van der Waals surface area contributed by atoms with Crippen molar-refractivity contribution >= 4 is 23.5 Å². The van der Waals surface area contributed by atoms with Crippen molar-refractivity contribution in [3.05, 3.63) is 29.8 Å². The average molecular weight is 376 g/mol. The molecule has 1 aromatic rings. The predicted molar refractivity (Wildman–Crippen MR) is 102 cm³/mol. The van der Waals surface area contributed by atoms with Gasteiger partial charge in [-0.25, -0.2) is 0 Å². The second-order valence-electron chi connectivity index (χ2n) is 7.03. The Kier molecular flexibility index (Phi) is 7.79. The highest BCUT2D eigenvalue weighted by Crippen LogP contribution is 2.15. The largest absolute Gasteiger partial charge is 0.469 e. The number of methoxy groups -OCH3 is 1. The van der Waals surface area contributed by atoms with E-state index in [9.17, 15) is 14.4 Å². The number of piperidine rings is 1. The number of benzene rings is 1. The summed E-state index contributed by atoms with van der Waals surface area (Å²) in [4.78, 5) is 38.9. The molecule has 1 heterocycles. The third kappa shape index (κ3) is 6.06. The first-order chi connectivity index (χ1) is 12.9. The fourth-order valence-electron chi connectivity index (χ4n) is 3.40. The molecule has 0 unspecified atom stereocenters. The van der Waals surface area contributed by atoms with Crippen LogP contribution in [0.5, 0.6) is 0 Å². The number of amides is 2. The van der Waals surface area contributed by atoms with Crippen LogP contribution in [0.2, 0.25) is 0 Å². The topological polar surface area (TPSA) is 80.2 Å². The number of hydrogen-bond acceptors (Lipinski definition) is 4. The summed E-state index contributed by atoms with van der Waals surface area (Å²) in [5, 5.41) is 2.88. The number of likely N-dealkylation sites (N-methyl/N-ethyl adjacent to an activating group) is 1. The van der Waals surface area contributed by atoms with Gasteiger partial charge in [0, 0.05) is 25.6 Å². The predicted octanol–water partition coefficient (Wildman–Crippen LogP) is 0.114. The van der Waals surface area contributed by atoms with E-state index >= 15 is 0 Å². The smallest absolute Gasteiger partial charge is 0.309 e. The van der Waals surface area contributed by atoms with E-state index in [0.29, 0.717) is 6.54 Å². The lowest BCUT2D eigenvalue weighted by atomic mass is 9.97. The minimum Gasteiger partial charge on any atom is -0.469 e. The molecule has 1 fully saturated rings. The van der Waals surface area contributed by atoms with Crippen LogP contribution in [0.4, 0.5) is 5.69 Å². The minimum absolute atomic E-state index is 0.0228. The molecule has 0 spiro atoms. The highest BCUT2D eigenvalue weighted by molar-refractivity contribution is 5.95. The Hall–Kier alpha value is -2.41. The number of hydrogen-bond donors (Lipinski definition) is 2. The Balaban J connectivity index is 1.78. The molecule has 1 saturated heterocycles. The first kappa shape index (κ1) is 20.9. The molecular formula is C20H30N3O4+. The normalized spacial score (nSPS) is 19.2. The summed E-state index contributed by atoms with van der Waals surface area (Å²) in [6.07, 6.45) is 2.29. The molecule has 2 amide bonds. The Morgan fingerprint density at radius 2 is 1.89 bits per heavy atom. The summed E-state index contributed by atoms with van der Waals surface area (Å²) in [5.74, 6) is -0.496. The van der Waals surface area contributed by atoms with E-state index in [2.05, 4.69) is 5.32 Å². The fraction of sp³-hybridized carbons (Fsp3) is 0.550. The first-order valence-corrected chi connectivity index (χ1v) is 9.47. The molecule has 0 saturated carbocycles. The maximum atomic E-state index is 12.4. The quantitative estimate of drug-likeness (QED) is 0.662. The third-order valence-electron chi connectivity index (χ3n) is 5.11. The van der Waals surface area contributed by atoms with Crippen molar-refractivity contribution in [3.63, 3.8) is 0 Å². The highest BCUT2D eigenvalue weighted by Gasteiger charge is 2.29. The van der Waals surface area contributed by atoms with Gasteiger partial charge in [-0.2, -0.15) is 0 Å². The zero-order chi connectivity index (χ0) is 19.8. The van der Waals surface area contributed by atoms with Gasteiger partial charge in [-0.3, -0.25) is 14.4 Å². The SMILES string of the molecule is CCc1ccccc1NC(=O)CN(C)C(=O)C[NH+]1CCC(C(=O)OC)CC1. The van der Waals surface area contributed by atoms with Crippen LogP contribution in [0, 0.1) is 5.92 Å². The van der Waals surface area contributed by atoms with Gasteiger partial charge in [0.2, 0.25) is 5.91 Å². The summed E-state index contributed by atoms with van der Waals surface area (Å²) < 4.78 is 4.79. The maximum Gasteiger partial charge on any atom is 0.309 e. The van der Waals surface area contributed by atoms with Gasteiger partial charge >= 0.3 is 5.97 Å². The van der Waals surface area contributed by atoms with E-state index in [-0.39, 0.29) is 30.2 Å². The van der Waals surface area contributed by atoms with E-state index in [1.54, 1.807) is 7.05 Å². The Bertz CT molecular complexity index is 669. The van der Waals surface area contributed by atoms with Gasteiger partial charge in [-0.15, -0.1) is 0 Å². The number of likely N-dealkylation sites (tertiary alicyclic amines) is 1. The Morgan fingerprint density at radius 3 is 2.52 bits per heavy atom. The second-order valence-corrected chi connectivity index (χ2v) is 7.03. The zero-order valence-electron chi connectivity index (χ0n) is 16.4. The molecule has 27 heavy (non-hydrogen) atoms. The summed E-state index contributed by atoms with van der Waals surface area (Å²) in [6.45, 7) is 3.91. The second kappa shape index (κ2) is 10.1. The monoisotopic (exact) mass is 376 g/mol. The van der Waals surface area contributed by atoms with Crippen molar-refractivity contribution < 1.29 is 24.0 Å². The molecule has 7 nitrogen and oxygen atoms in total. The molecule has 7 heteroatoms. The van der Waals surface area contributed by atoms with Crippen molar-refractivity contribution in [1.29, 1.82) is 0 Å². The Labute approximate surface area is 160 Å². The molecule has 1 aliphatic rings. The Morgan fingerprint density at radius 1 is 1.22 bits per heavy atom. The number of quaternary nitrogens is 1. The van der Waals surface area contributed by atoms with Gasteiger partial charge in [0.25, 0.3) is 5.91 Å². The van der Waals surface area contributed by atoms with E-state index in [1.807, 2.05) is 31.2 Å². The number of nitrogens with one attached hydrogen (secondary N) is 2. The molecule has 148 valence electrons. The van der Waals surface area contributed by atoms with E-state index in [4.69, 9.17) is 4.74 Å². The number of nitrogens with zero attached hydrogens (tertiary/aromatic N) is 1. The van der Waals surface area contributed by atoms with E-state index < -0.39 is 0 Å². The third-order valence-corrected chi connectivity index (χ3v) is 5.11. The number of rotatable bonds is 7. The number of anilines is 1. The standard InChI is InChI=1S/C20H29N3O4/c1-4-15-7-5-6-8-17(15)21-18(24)13-22(2)19(25)14-23-11-9-16(10-12-23)20(26)27-3/h5-8,16H,4,9-14H2,1-3H3,(H,21,24)/p+1. The van der Waals surface area contributed by atoms with Crippen LogP contribution in [-0.2, 0) is 25.5 Å². The van der Waals surface area contributed by atoms with E-state index in [0.717, 1.165) is 48.5 Å². The number of ether oxygens (including phenoxy) is 1. The first-order valence-electron chi connectivity index (χ1n) is 9.47. The summed E-state index contributed by atoms with van der Waals surface area (Å²) >= 11 is 0. The molecule has 0 atom stereocenters. The lowest BCUT2D eigenvalue weighted by Gasteiger charge is -2.28. The van der Waals surface area contributed by atoms with Crippen molar-refractivity contribution in [1.82, 2.24) is 4.90 Å². The number of para-hydroxylation sites is 1. The summed E-state index contributed by atoms with van der Waals surface area (Å²) in [6, 6.07) is 7.67. The highest BCUT2D eigenvalue weighted by atomic mass is 16.5. The van der Waals surface area contributed by atoms with Gasteiger partial charge in [-0.05, 0) is 18.1 Å². The van der Waals surface area contributed by atoms with Crippen LogP contribution in [-0.4, -0.2) is 63.0 Å². The molecule has 1 aliphatic heterocycles. The molecule has 0 aromatic heterocycles. The lowest BCUT2D eigenvalue weighted by Crippen LogP contribution is -3.14. The fourth-order valence-corrected chi connectivity index (χ4v) is 3.40. The minimum atomic E-state index is -0.203. The van der Waals surface area contributed by atoms with Gasteiger partial charge in [0.05, 0.1) is 32.7 Å². The summed E-state index contributed by atoms with van der Waals surface area (Å²) in [7, 11) is 3.05. The van der Waals surface area contributed by atoms with Crippen molar-refractivity contribution in [2.24, 2.45) is 5.92 Å². The van der Waals surface area contributed by atoms with Gasteiger partial charge < -0.3 is 19.9 Å². The molecule has 2 N–H and O–H groups in total. The number of carbonyl (C=O) groups excluding carboxylic acids is 3. The molecule has 2 rings (SSSR count). The van der Waals surface area contributed by atoms with Crippen LogP contribution in [0.3, 0.4) is 0 Å². The molecular weight excluding hydrogens is 346 g/mol. The van der Waals surface area contributed by atoms with Gasteiger partial charge in [0.15, 0.2) is 6.54 Å². The maximum absolute atomic E-state index is 12.4. The van der Waals surface area contributed by atoms with Crippen LogP contribution in [0.1, 0.15) is 25.3 Å². The molecule has 0 radical (unpaired) electrons. The van der Waals surface area contributed by atoms with Gasteiger partial charge in [-0.1, -0.05) is 25.1 Å². The van der Waals surface area contributed by atoms with Gasteiger partial charge in [0.1, 0.15) is 0 Å². The van der Waals surface area contributed by atoms with Crippen LogP contribution in [0.15, 0.2) is 24.3 Å². The zero-order valence-corrected chi connectivity index (χ0v) is 16.4. The number of esters is 1. The number of carbonyl (C=O) groups is 3. The van der Waals surface area contributed by atoms with Crippen molar-refractivity contribution in [3.8, 4) is 0 Å². The lowest BCUT2D eigenvalue weighted by molar-refractivity contribution is -0.898. The summed E-state index contributed by atoms with van der Waals surface area (Å²) in [5.41, 5.74) is 1.86. The molecule has 0 aliphatic carbocycles. The van der Waals surface area contributed by atoms with Crippen LogP contribution < -0.4 is 10.2 Å². The van der Waals surface area contributed by atoms with E-state index in [1.165, 1.54) is 12.0 Å². The number of aryl methyl sites for hydroxylation is 1. The van der Waals surface area contributed by atoms with Crippen LogP contribution >= 0.6 is 0 Å². The van der Waals surface area contributed by atoms with Crippen molar-refractivity contribution in [2.75, 3.05) is 45.7 Å². The average Bonchev–Trinajstić information content (AvgIpc) is 2.68.